The summed E-state index contributed by atoms with van der Waals surface area (Å²) in [6, 6.07) is 19.4. The number of para-hydroxylation sites is 1. The molecule has 0 spiro atoms. The van der Waals surface area contributed by atoms with Crippen molar-refractivity contribution < 1.29 is 28.6 Å². The van der Waals surface area contributed by atoms with Gasteiger partial charge in [0.1, 0.15) is 18.9 Å². The smallest absolute Gasteiger partial charge is 0.294 e. The number of hydrogen-bond donors (Lipinski definition) is 1. The Morgan fingerprint density at radius 3 is 2.67 bits per heavy atom. The molecule has 1 N–H and O–H groups in total. The molecule has 2 heterocycles. The number of fused-ring (bicyclic) bond motifs is 1. The van der Waals surface area contributed by atoms with Crippen LogP contribution >= 0.6 is 23.4 Å². The molecule has 0 saturated carbocycles. The Bertz CT molecular complexity index is 1380. The average molecular weight is 523 g/mol. The molecule has 0 atom stereocenters. The van der Waals surface area contributed by atoms with Crippen molar-refractivity contribution in [2.45, 2.75) is 6.61 Å². The molecule has 0 bridgehead atoms. The number of nitrogens with one attached hydrogen (secondary N) is 1. The lowest BCUT2D eigenvalue weighted by Crippen LogP contribution is -2.36. The van der Waals surface area contributed by atoms with E-state index in [0.29, 0.717) is 40.1 Å². The van der Waals surface area contributed by atoms with E-state index in [1.807, 2.05) is 24.3 Å². The van der Waals surface area contributed by atoms with Crippen molar-refractivity contribution in [3.8, 4) is 17.2 Å². The number of imide groups is 1. The van der Waals surface area contributed by atoms with Crippen LogP contribution in [0.5, 0.6) is 17.2 Å². The highest BCUT2D eigenvalue weighted by atomic mass is 35.5. The fraction of sp³-hybridized carbons (Fsp3) is 0.115. The van der Waals surface area contributed by atoms with Crippen molar-refractivity contribution in [1.82, 2.24) is 4.90 Å². The number of thioether (sulfide) groups is 1. The number of carbonyl (C=O) groups is 3. The first kappa shape index (κ1) is 23.8. The minimum absolute atomic E-state index is 0.116. The van der Waals surface area contributed by atoms with Gasteiger partial charge in [-0.05, 0) is 53.7 Å². The first-order chi connectivity index (χ1) is 17.5. The maximum atomic E-state index is 12.9. The zero-order valence-corrected chi connectivity index (χ0v) is 20.3. The standard InChI is InChI=1S/C26H19ClN2O6S/c27-18-7-5-16(6-8-18)14-33-20-4-2-1-3-17(20)11-23-25(31)29(26(32)36-23)13-24(30)28-19-9-10-21-22(12-19)35-15-34-21/h1-12H,13-15H2,(H,28,30)/b23-11+. The summed E-state index contributed by atoms with van der Waals surface area (Å²) in [7, 11) is 0. The molecule has 2 aliphatic heterocycles. The second-order valence-electron chi connectivity index (χ2n) is 7.84. The molecule has 1 fully saturated rings. The van der Waals surface area contributed by atoms with Gasteiger partial charge in [0.25, 0.3) is 11.1 Å². The Hall–Kier alpha value is -3.95. The molecule has 3 amide bonds. The first-order valence-corrected chi connectivity index (χ1v) is 12.1. The minimum Gasteiger partial charge on any atom is -0.488 e. The minimum atomic E-state index is -0.543. The van der Waals surface area contributed by atoms with E-state index in [1.165, 1.54) is 0 Å². The van der Waals surface area contributed by atoms with Crippen molar-refractivity contribution in [1.29, 1.82) is 0 Å². The van der Waals surface area contributed by atoms with Crippen molar-refractivity contribution in [2.24, 2.45) is 0 Å². The fourth-order valence-electron chi connectivity index (χ4n) is 3.57. The van der Waals surface area contributed by atoms with Gasteiger partial charge in [-0.15, -0.1) is 0 Å². The normalized spacial score (nSPS) is 15.5. The molecule has 36 heavy (non-hydrogen) atoms. The van der Waals surface area contributed by atoms with Crippen molar-refractivity contribution in [2.75, 3.05) is 18.7 Å². The molecule has 0 radical (unpaired) electrons. The second kappa shape index (κ2) is 10.3. The number of nitrogens with zero attached hydrogens (tertiary/aromatic N) is 1. The van der Waals surface area contributed by atoms with E-state index in [1.54, 1.807) is 48.5 Å². The second-order valence-corrected chi connectivity index (χ2v) is 9.27. The molecule has 182 valence electrons. The lowest BCUT2D eigenvalue weighted by atomic mass is 10.1. The van der Waals surface area contributed by atoms with E-state index in [9.17, 15) is 14.4 Å². The van der Waals surface area contributed by atoms with Gasteiger partial charge >= 0.3 is 0 Å². The van der Waals surface area contributed by atoms with E-state index in [-0.39, 0.29) is 11.7 Å². The van der Waals surface area contributed by atoms with Crippen LogP contribution < -0.4 is 19.5 Å². The summed E-state index contributed by atoms with van der Waals surface area (Å²) in [5.74, 6) is 0.600. The lowest BCUT2D eigenvalue weighted by Gasteiger charge is -2.13. The summed E-state index contributed by atoms with van der Waals surface area (Å²) in [4.78, 5) is 39.1. The van der Waals surface area contributed by atoms with Crippen LogP contribution in [0.1, 0.15) is 11.1 Å². The molecule has 5 rings (SSSR count). The van der Waals surface area contributed by atoms with Gasteiger partial charge in [0.2, 0.25) is 12.7 Å². The number of anilines is 1. The maximum absolute atomic E-state index is 12.9. The summed E-state index contributed by atoms with van der Waals surface area (Å²) in [6.07, 6.45) is 1.60. The molecule has 3 aromatic rings. The molecule has 0 aromatic heterocycles. The topological polar surface area (TPSA) is 94.2 Å². The summed E-state index contributed by atoms with van der Waals surface area (Å²) < 4.78 is 16.5. The lowest BCUT2D eigenvalue weighted by molar-refractivity contribution is -0.127. The van der Waals surface area contributed by atoms with Crippen LogP contribution in [0.4, 0.5) is 10.5 Å². The van der Waals surface area contributed by atoms with Crippen LogP contribution in [0.2, 0.25) is 5.02 Å². The predicted molar refractivity (Wildman–Crippen MR) is 136 cm³/mol. The van der Waals surface area contributed by atoms with Crippen molar-refractivity contribution in [3.05, 3.63) is 87.8 Å². The number of benzene rings is 3. The molecule has 0 aliphatic carbocycles. The van der Waals surface area contributed by atoms with E-state index < -0.39 is 23.6 Å². The third kappa shape index (κ3) is 5.32. The zero-order chi connectivity index (χ0) is 25.1. The van der Waals surface area contributed by atoms with Gasteiger partial charge in [-0.2, -0.15) is 0 Å². The number of ether oxygens (including phenoxy) is 3. The Labute approximate surface area is 215 Å². The van der Waals surface area contributed by atoms with Gasteiger partial charge in [0, 0.05) is 22.3 Å². The number of amides is 3. The Kier molecular flexibility index (Phi) is 6.84. The first-order valence-electron chi connectivity index (χ1n) is 10.9. The van der Waals surface area contributed by atoms with Crippen LogP contribution in [0.3, 0.4) is 0 Å². The monoisotopic (exact) mass is 522 g/mol. The van der Waals surface area contributed by atoms with Gasteiger partial charge < -0.3 is 19.5 Å². The van der Waals surface area contributed by atoms with Crippen molar-refractivity contribution >= 4 is 52.2 Å². The number of hydrogen-bond acceptors (Lipinski definition) is 7. The van der Waals surface area contributed by atoms with E-state index >= 15 is 0 Å². The van der Waals surface area contributed by atoms with Gasteiger partial charge in [-0.3, -0.25) is 19.3 Å². The van der Waals surface area contributed by atoms with Crippen LogP contribution in [0, 0.1) is 0 Å². The molecule has 0 unspecified atom stereocenters. The molecule has 1 saturated heterocycles. The predicted octanol–water partition coefficient (Wildman–Crippen LogP) is 5.32. The molecule has 10 heteroatoms. The van der Waals surface area contributed by atoms with E-state index in [2.05, 4.69) is 5.32 Å². The summed E-state index contributed by atoms with van der Waals surface area (Å²) >= 11 is 6.71. The Morgan fingerprint density at radius 2 is 1.83 bits per heavy atom. The van der Waals surface area contributed by atoms with E-state index in [4.69, 9.17) is 25.8 Å². The van der Waals surface area contributed by atoms with Crippen LogP contribution in [0.15, 0.2) is 71.6 Å². The van der Waals surface area contributed by atoms with Crippen LogP contribution in [-0.2, 0) is 16.2 Å². The zero-order valence-electron chi connectivity index (χ0n) is 18.7. The third-order valence-corrected chi connectivity index (χ3v) is 6.50. The quantitative estimate of drug-likeness (QED) is 0.419. The van der Waals surface area contributed by atoms with Gasteiger partial charge in [-0.1, -0.05) is 41.9 Å². The largest absolute Gasteiger partial charge is 0.488 e. The highest BCUT2D eigenvalue weighted by Crippen LogP contribution is 2.35. The highest BCUT2D eigenvalue weighted by molar-refractivity contribution is 8.18. The molecule has 2 aliphatic rings. The summed E-state index contributed by atoms with van der Waals surface area (Å²) in [5.41, 5.74) is 2.04. The molecule has 8 nitrogen and oxygen atoms in total. The highest BCUT2D eigenvalue weighted by Gasteiger charge is 2.36. The Morgan fingerprint density at radius 1 is 1.06 bits per heavy atom. The van der Waals surface area contributed by atoms with Gasteiger partial charge in [0.05, 0.1) is 4.91 Å². The third-order valence-electron chi connectivity index (χ3n) is 5.34. The van der Waals surface area contributed by atoms with Gasteiger partial charge in [0.15, 0.2) is 11.5 Å². The average Bonchev–Trinajstić information content (AvgIpc) is 3.44. The van der Waals surface area contributed by atoms with Gasteiger partial charge in [-0.25, -0.2) is 0 Å². The molecular formula is C26H19ClN2O6S. The molecule has 3 aromatic carbocycles. The summed E-state index contributed by atoms with van der Waals surface area (Å²) in [6.45, 7) is 0.0137. The fourth-order valence-corrected chi connectivity index (χ4v) is 4.52. The van der Waals surface area contributed by atoms with Crippen LogP contribution in [0.25, 0.3) is 6.08 Å². The number of rotatable bonds is 7. The summed E-state index contributed by atoms with van der Waals surface area (Å²) in [5, 5.41) is 2.79. The van der Waals surface area contributed by atoms with Crippen molar-refractivity contribution in [3.63, 3.8) is 0 Å². The number of halogens is 1. The van der Waals surface area contributed by atoms with Crippen LogP contribution in [-0.4, -0.2) is 35.3 Å². The SMILES string of the molecule is O=C(CN1C(=O)S/C(=C/c2ccccc2OCc2ccc(Cl)cc2)C1=O)Nc1ccc2c(c1)OCO2. The Balaban J connectivity index is 1.25. The maximum Gasteiger partial charge on any atom is 0.294 e. The number of carbonyl (C=O) groups excluding carboxylic acids is 3. The molecular weight excluding hydrogens is 504 g/mol. The van der Waals surface area contributed by atoms with E-state index in [0.717, 1.165) is 22.2 Å².